The van der Waals surface area contributed by atoms with Crippen molar-refractivity contribution in [3.05, 3.63) is 53.4 Å². The van der Waals surface area contributed by atoms with E-state index in [1.54, 1.807) is 6.07 Å². The van der Waals surface area contributed by atoms with Crippen molar-refractivity contribution in [2.45, 2.75) is 6.42 Å². The summed E-state index contributed by atoms with van der Waals surface area (Å²) in [5, 5.41) is 23.0. The summed E-state index contributed by atoms with van der Waals surface area (Å²) < 4.78 is 29.0. The summed E-state index contributed by atoms with van der Waals surface area (Å²) >= 11 is 0. The number of nitrogens with zero attached hydrogens (tertiary/aromatic N) is 4. The highest BCUT2D eigenvalue weighted by atomic mass is 19.1. The van der Waals surface area contributed by atoms with Gasteiger partial charge in [0.25, 0.3) is 0 Å². The molecule has 25 heavy (non-hydrogen) atoms. The maximum atomic E-state index is 14.2. The van der Waals surface area contributed by atoms with E-state index in [4.69, 9.17) is 5.73 Å². The van der Waals surface area contributed by atoms with E-state index in [0.29, 0.717) is 11.4 Å². The molecule has 4 aromatic rings. The summed E-state index contributed by atoms with van der Waals surface area (Å²) in [6.07, 6.45) is 0.168. The average Bonchev–Trinajstić information content (AvgIpc) is 2.92. The van der Waals surface area contributed by atoms with E-state index in [1.165, 1.54) is 16.6 Å². The molecule has 0 aliphatic rings. The van der Waals surface area contributed by atoms with E-state index in [-0.39, 0.29) is 40.4 Å². The Labute approximate surface area is 139 Å². The summed E-state index contributed by atoms with van der Waals surface area (Å²) in [6, 6.07) is 6.12. The Hall–Kier alpha value is -3.49. The second kappa shape index (κ2) is 5.26. The molecule has 4 rings (SSSR count). The number of aromatic nitrogens is 4. The molecule has 2 heterocycles. The zero-order valence-corrected chi connectivity index (χ0v) is 12.6. The first-order chi connectivity index (χ1) is 11.9. The van der Waals surface area contributed by atoms with Crippen molar-refractivity contribution in [2.75, 3.05) is 5.73 Å². The summed E-state index contributed by atoms with van der Waals surface area (Å²) in [5.41, 5.74) is 6.44. The monoisotopic (exact) mass is 343 g/mol. The Morgan fingerprint density at radius 2 is 1.84 bits per heavy atom. The minimum Gasteiger partial charge on any atom is -0.504 e. The van der Waals surface area contributed by atoms with Crippen LogP contribution in [0.15, 0.2) is 30.3 Å². The van der Waals surface area contributed by atoms with Gasteiger partial charge in [0, 0.05) is 18.6 Å². The number of nitrogens with two attached hydrogens (primary N) is 1. The number of hydrogen-bond donors (Lipinski definition) is 3. The molecule has 126 valence electrons. The van der Waals surface area contributed by atoms with Crippen molar-refractivity contribution in [3.63, 3.8) is 0 Å². The molecule has 2 aromatic heterocycles. The van der Waals surface area contributed by atoms with Crippen LogP contribution in [-0.2, 0) is 6.42 Å². The molecule has 0 atom stereocenters. The quantitative estimate of drug-likeness (QED) is 0.481. The Morgan fingerprint density at radius 1 is 1.04 bits per heavy atom. The fourth-order valence-electron chi connectivity index (χ4n) is 2.70. The van der Waals surface area contributed by atoms with Crippen LogP contribution in [0.2, 0.25) is 0 Å². The van der Waals surface area contributed by atoms with Gasteiger partial charge in [-0.05, 0) is 17.7 Å². The van der Waals surface area contributed by atoms with Crippen molar-refractivity contribution < 1.29 is 19.0 Å². The van der Waals surface area contributed by atoms with Gasteiger partial charge in [0.15, 0.2) is 17.1 Å². The van der Waals surface area contributed by atoms with E-state index in [1.807, 2.05) is 0 Å². The third-order valence-corrected chi connectivity index (χ3v) is 3.78. The second-order valence-electron chi connectivity index (χ2n) is 5.52. The van der Waals surface area contributed by atoms with Crippen LogP contribution >= 0.6 is 0 Å². The number of phenolic OH excluding ortho intramolecular Hbond substituents is 2. The maximum Gasteiger partial charge on any atom is 0.240 e. The molecule has 0 aliphatic carbocycles. The van der Waals surface area contributed by atoms with Gasteiger partial charge < -0.3 is 15.9 Å². The van der Waals surface area contributed by atoms with E-state index < -0.39 is 11.6 Å². The highest BCUT2D eigenvalue weighted by molar-refractivity contribution is 5.92. The molecule has 2 aromatic carbocycles. The first-order valence-electron chi connectivity index (χ1n) is 7.23. The predicted molar refractivity (Wildman–Crippen MR) is 85.2 cm³/mol. The summed E-state index contributed by atoms with van der Waals surface area (Å²) in [7, 11) is 0. The molecule has 0 spiro atoms. The molecule has 0 amide bonds. The van der Waals surface area contributed by atoms with Crippen LogP contribution in [0.25, 0.3) is 16.6 Å². The molecular weight excluding hydrogens is 332 g/mol. The van der Waals surface area contributed by atoms with Crippen molar-refractivity contribution in [2.24, 2.45) is 0 Å². The molecule has 0 saturated carbocycles. The lowest BCUT2D eigenvalue weighted by atomic mass is 10.1. The molecule has 0 aliphatic heterocycles. The fraction of sp³-hybridized carbons (Fsp3) is 0.0625. The summed E-state index contributed by atoms with van der Waals surface area (Å²) in [6.45, 7) is 0. The highest BCUT2D eigenvalue weighted by Gasteiger charge is 2.17. The number of halogens is 2. The van der Waals surface area contributed by atoms with E-state index in [9.17, 15) is 19.0 Å². The number of benzene rings is 2. The van der Waals surface area contributed by atoms with Crippen LogP contribution in [0.1, 0.15) is 11.4 Å². The molecule has 4 N–H and O–H groups in total. The number of fused-ring (bicyclic) bond motifs is 3. The zero-order chi connectivity index (χ0) is 17.7. The number of rotatable bonds is 2. The number of anilines is 1. The Morgan fingerprint density at radius 3 is 2.60 bits per heavy atom. The van der Waals surface area contributed by atoms with Crippen LogP contribution in [-0.4, -0.2) is 29.8 Å². The van der Waals surface area contributed by atoms with Crippen LogP contribution in [0, 0.1) is 11.6 Å². The van der Waals surface area contributed by atoms with Gasteiger partial charge in [-0.3, -0.25) is 0 Å². The summed E-state index contributed by atoms with van der Waals surface area (Å²) in [5.74, 6) is -1.87. The first-order valence-corrected chi connectivity index (χ1v) is 7.23. The molecular formula is C16H11F2N5O2. The van der Waals surface area contributed by atoms with E-state index in [0.717, 1.165) is 12.1 Å². The van der Waals surface area contributed by atoms with Gasteiger partial charge in [-0.25, -0.2) is 13.8 Å². The van der Waals surface area contributed by atoms with Gasteiger partial charge >= 0.3 is 0 Å². The van der Waals surface area contributed by atoms with Gasteiger partial charge in [-0.2, -0.15) is 9.50 Å². The van der Waals surface area contributed by atoms with Crippen LogP contribution in [0.3, 0.4) is 0 Å². The van der Waals surface area contributed by atoms with Crippen molar-refractivity contribution >= 4 is 22.5 Å². The molecule has 7 nitrogen and oxygen atoms in total. The van der Waals surface area contributed by atoms with Gasteiger partial charge in [0.2, 0.25) is 5.95 Å². The molecule has 9 heteroatoms. The first kappa shape index (κ1) is 15.1. The zero-order valence-electron chi connectivity index (χ0n) is 12.6. The van der Waals surface area contributed by atoms with Gasteiger partial charge in [-0.1, -0.05) is 6.07 Å². The lowest BCUT2D eigenvalue weighted by Gasteiger charge is -2.08. The van der Waals surface area contributed by atoms with Crippen LogP contribution in [0.5, 0.6) is 11.5 Å². The molecule has 0 bridgehead atoms. The third-order valence-electron chi connectivity index (χ3n) is 3.78. The van der Waals surface area contributed by atoms with Crippen molar-refractivity contribution in [3.8, 4) is 11.5 Å². The molecule has 0 radical (unpaired) electrons. The normalized spacial score (nSPS) is 11.4. The number of nitrogen functional groups attached to an aromatic ring is 1. The predicted octanol–water partition coefficient (Wildman–Crippen LogP) is 2.14. The van der Waals surface area contributed by atoms with Crippen LogP contribution in [0.4, 0.5) is 14.7 Å². The molecule has 0 unspecified atom stereocenters. The largest absolute Gasteiger partial charge is 0.504 e. The topological polar surface area (TPSA) is 110 Å². The number of hydrogen-bond acceptors (Lipinski definition) is 6. The lowest BCUT2D eigenvalue weighted by Crippen LogP contribution is -2.06. The van der Waals surface area contributed by atoms with E-state index >= 15 is 0 Å². The van der Waals surface area contributed by atoms with Gasteiger partial charge in [0.05, 0.1) is 10.9 Å². The number of aromatic hydroxyl groups is 2. The molecule has 0 fully saturated rings. The smallest absolute Gasteiger partial charge is 0.240 e. The van der Waals surface area contributed by atoms with Gasteiger partial charge in [-0.15, -0.1) is 5.10 Å². The standard InChI is InChI=1S/C16H11F2N5O2/c17-8-5-9(18)14-10(6-8)20-13(23-15(14)21-16(19)22-23)4-7-1-2-11(24)12(25)3-7/h1-3,5-6,24-25H,4H2,(H2,19,22). The maximum absolute atomic E-state index is 14.2. The number of phenols is 2. The van der Waals surface area contributed by atoms with Crippen molar-refractivity contribution in [1.29, 1.82) is 0 Å². The minimum atomic E-state index is -0.811. The SMILES string of the molecule is Nc1nc2c3c(F)cc(F)cc3nc(Cc3ccc(O)c(O)c3)n2n1. The second-order valence-corrected chi connectivity index (χ2v) is 5.52. The Kier molecular flexibility index (Phi) is 3.17. The lowest BCUT2D eigenvalue weighted by molar-refractivity contribution is 0.403. The van der Waals surface area contributed by atoms with Crippen molar-refractivity contribution in [1.82, 2.24) is 19.6 Å². The minimum absolute atomic E-state index is 0.0166. The van der Waals surface area contributed by atoms with Gasteiger partial charge in [0.1, 0.15) is 17.5 Å². The molecule has 0 saturated heterocycles. The third kappa shape index (κ3) is 2.45. The fourth-order valence-corrected chi connectivity index (χ4v) is 2.70. The summed E-state index contributed by atoms with van der Waals surface area (Å²) in [4.78, 5) is 8.27. The van der Waals surface area contributed by atoms with Crippen LogP contribution < -0.4 is 5.73 Å². The Balaban J connectivity index is 1.97. The Bertz CT molecular complexity index is 1140. The average molecular weight is 343 g/mol. The van der Waals surface area contributed by atoms with E-state index in [2.05, 4.69) is 15.1 Å². The highest BCUT2D eigenvalue weighted by Crippen LogP contribution is 2.27.